The fourth-order valence-corrected chi connectivity index (χ4v) is 5.38. The summed E-state index contributed by atoms with van der Waals surface area (Å²) < 4.78 is 28.9. The van der Waals surface area contributed by atoms with Crippen molar-refractivity contribution in [2.24, 2.45) is 0 Å². The van der Waals surface area contributed by atoms with Gasteiger partial charge in [0.1, 0.15) is 0 Å². The number of hydrogen-bond donors (Lipinski definition) is 1. The molecule has 146 valence electrons. The minimum absolute atomic E-state index is 0.0318. The van der Waals surface area contributed by atoms with Crippen LogP contribution in [0.3, 0.4) is 0 Å². The molecule has 1 N–H and O–H groups in total. The number of amides is 2. The number of carbonyl (C=O) groups excluding carboxylic acids is 2. The van der Waals surface area contributed by atoms with Crippen LogP contribution in [-0.4, -0.2) is 49.5 Å². The third-order valence-electron chi connectivity index (χ3n) is 4.80. The average molecular weight is 413 g/mol. The summed E-state index contributed by atoms with van der Waals surface area (Å²) in [6, 6.07) is 5.20. The zero-order valence-electron chi connectivity index (χ0n) is 15.1. The Kier molecular flexibility index (Phi) is 5.48. The van der Waals surface area contributed by atoms with E-state index in [1.54, 1.807) is 38.1 Å². The number of nitrogens with one attached hydrogen (secondary N) is 1. The van der Waals surface area contributed by atoms with Gasteiger partial charge in [-0.25, -0.2) is 18.0 Å². The summed E-state index contributed by atoms with van der Waals surface area (Å²) in [7, 11) is -3.19. The van der Waals surface area contributed by atoms with Gasteiger partial charge in [0, 0.05) is 10.7 Å². The monoisotopic (exact) mass is 412 g/mol. The molecule has 0 aromatic heterocycles. The molecule has 2 atom stereocenters. The van der Waals surface area contributed by atoms with Crippen LogP contribution in [0.2, 0.25) is 5.02 Å². The fraction of sp³-hybridized carbons (Fsp3) is 0.444. The van der Waals surface area contributed by atoms with Crippen LogP contribution in [0.5, 0.6) is 0 Å². The molecule has 2 unspecified atom stereocenters. The number of urea groups is 1. The number of rotatable bonds is 4. The van der Waals surface area contributed by atoms with Gasteiger partial charge in [-0.1, -0.05) is 23.7 Å². The van der Waals surface area contributed by atoms with Crippen molar-refractivity contribution in [2.75, 3.05) is 18.1 Å². The van der Waals surface area contributed by atoms with Crippen molar-refractivity contribution in [3.63, 3.8) is 0 Å². The zero-order chi connectivity index (χ0) is 19.8. The SMILES string of the molecule is CCOC(=O)C1=C(C)N(C2CCS(=O)(=O)C2)C(=O)NC1c1ccc(Cl)cc1. The van der Waals surface area contributed by atoms with E-state index in [4.69, 9.17) is 16.3 Å². The van der Waals surface area contributed by atoms with Crippen molar-refractivity contribution in [3.8, 4) is 0 Å². The van der Waals surface area contributed by atoms with Crippen molar-refractivity contribution in [1.29, 1.82) is 0 Å². The van der Waals surface area contributed by atoms with Crippen molar-refractivity contribution >= 4 is 33.4 Å². The molecule has 1 fully saturated rings. The Morgan fingerprint density at radius 2 is 2.00 bits per heavy atom. The number of nitrogens with zero attached hydrogens (tertiary/aromatic N) is 1. The second kappa shape index (κ2) is 7.52. The van der Waals surface area contributed by atoms with Gasteiger partial charge < -0.3 is 10.1 Å². The molecule has 9 heteroatoms. The molecular weight excluding hydrogens is 392 g/mol. The van der Waals surface area contributed by atoms with E-state index in [-0.39, 0.29) is 18.1 Å². The van der Waals surface area contributed by atoms with Gasteiger partial charge in [-0.15, -0.1) is 0 Å². The van der Waals surface area contributed by atoms with E-state index in [1.807, 2.05) is 0 Å². The maximum Gasteiger partial charge on any atom is 0.338 e. The first-order valence-corrected chi connectivity index (χ1v) is 10.9. The van der Waals surface area contributed by atoms with E-state index in [9.17, 15) is 18.0 Å². The standard InChI is InChI=1S/C18H21ClN2O5S/c1-3-26-17(22)15-11(2)21(14-8-9-27(24,25)10-14)18(23)20-16(15)12-4-6-13(19)7-5-12/h4-7,14,16H,3,8-10H2,1-2H3,(H,20,23). The van der Waals surface area contributed by atoms with E-state index >= 15 is 0 Å². The smallest absolute Gasteiger partial charge is 0.338 e. The number of allylic oxidation sites excluding steroid dienone is 1. The van der Waals surface area contributed by atoms with Crippen LogP contribution in [0.1, 0.15) is 31.9 Å². The molecule has 1 aromatic carbocycles. The van der Waals surface area contributed by atoms with E-state index in [0.29, 0.717) is 28.3 Å². The summed E-state index contributed by atoms with van der Waals surface area (Å²) in [6.45, 7) is 3.54. The molecule has 3 rings (SSSR count). The predicted octanol–water partition coefficient (Wildman–Crippen LogP) is 2.43. The second-order valence-corrected chi connectivity index (χ2v) is 9.25. The van der Waals surface area contributed by atoms with Crippen molar-refractivity contribution in [3.05, 3.63) is 46.1 Å². The van der Waals surface area contributed by atoms with Crippen molar-refractivity contribution in [2.45, 2.75) is 32.4 Å². The molecule has 2 amide bonds. The van der Waals surface area contributed by atoms with Gasteiger partial charge in [0.15, 0.2) is 9.84 Å². The first-order chi connectivity index (χ1) is 12.7. The Balaban J connectivity index is 2.05. The predicted molar refractivity (Wildman–Crippen MR) is 101 cm³/mol. The summed E-state index contributed by atoms with van der Waals surface area (Å²) in [5.41, 5.74) is 1.40. The Labute approximate surface area is 163 Å². The van der Waals surface area contributed by atoms with Crippen LogP contribution in [0.15, 0.2) is 35.5 Å². The molecule has 1 aromatic rings. The Morgan fingerprint density at radius 3 is 2.56 bits per heavy atom. The third kappa shape index (κ3) is 3.96. The van der Waals surface area contributed by atoms with Gasteiger partial charge >= 0.3 is 12.0 Å². The highest BCUT2D eigenvalue weighted by Crippen LogP contribution is 2.34. The third-order valence-corrected chi connectivity index (χ3v) is 6.80. The van der Waals surface area contributed by atoms with E-state index in [1.165, 1.54) is 4.90 Å². The lowest BCUT2D eigenvalue weighted by Gasteiger charge is -2.38. The van der Waals surface area contributed by atoms with Crippen LogP contribution in [-0.2, 0) is 19.4 Å². The van der Waals surface area contributed by atoms with Crippen LogP contribution in [0.4, 0.5) is 4.79 Å². The highest BCUT2D eigenvalue weighted by molar-refractivity contribution is 7.91. The molecule has 0 saturated carbocycles. The summed E-state index contributed by atoms with van der Waals surface area (Å²) in [5, 5.41) is 3.36. The molecule has 0 spiro atoms. The summed E-state index contributed by atoms with van der Waals surface area (Å²) in [5.74, 6) is -0.621. The lowest BCUT2D eigenvalue weighted by atomic mass is 9.94. The first kappa shape index (κ1) is 19.7. The largest absolute Gasteiger partial charge is 0.463 e. The topological polar surface area (TPSA) is 92.8 Å². The van der Waals surface area contributed by atoms with E-state index in [2.05, 4.69) is 5.32 Å². The van der Waals surface area contributed by atoms with Gasteiger partial charge in [0.05, 0.1) is 35.8 Å². The fourth-order valence-electron chi connectivity index (χ4n) is 3.55. The minimum Gasteiger partial charge on any atom is -0.463 e. The second-order valence-electron chi connectivity index (χ2n) is 6.58. The molecule has 0 aliphatic carbocycles. The Bertz CT molecular complexity index is 895. The highest BCUT2D eigenvalue weighted by atomic mass is 35.5. The molecule has 1 saturated heterocycles. The Morgan fingerprint density at radius 1 is 1.33 bits per heavy atom. The van der Waals surface area contributed by atoms with Crippen LogP contribution in [0.25, 0.3) is 0 Å². The number of carbonyl (C=O) groups is 2. The first-order valence-electron chi connectivity index (χ1n) is 8.67. The molecule has 27 heavy (non-hydrogen) atoms. The van der Waals surface area contributed by atoms with Gasteiger partial charge in [-0.3, -0.25) is 4.90 Å². The molecule has 7 nitrogen and oxygen atoms in total. The molecule has 0 bridgehead atoms. The van der Waals surface area contributed by atoms with Gasteiger partial charge in [-0.05, 0) is 38.0 Å². The van der Waals surface area contributed by atoms with Crippen LogP contribution < -0.4 is 5.32 Å². The number of benzene rings is 1. The zero-order valence-corrected chi connectivity index (χ0v) is 16.6. The van der Waals surface area contributed by atoms with E-state index < -0.39 is 33.9 Å². The quantitative estimate of drug-likeness (QED) is 0.766. The number of ether oxygens (including phenoxy) is 1. The molecular formula is C18H21ClN2O5S. The summed E-state index contributed by atoms with van der Waals surface area (Å²) in [6.07, 6.45) is 0.342. The summed E-state index contributed by atoms with van der Waals surface area (Å²) >= 11 is 5.94. The lowest BCUT2D eigenvalue weighted by molar-refractivity contribution is -0.139. The highest BCUT2D eigenvalue weighted by Gasteiger charge is 2.42. The van der Waals surface area contributed by atoms with Crippen molar-refractivity contribution < 1.29 is 22.7 Å². The maximum atomic E-state index is 12.8. The average Bonchev–Trinajstić information content (AvgIpc) is 2.94. The molecule has 2 heterocycles. The normalized spacial score (nSPS) is 24.7. The number of esters is 1. The lowest BCUT2D eigenvalue weighted by Crippen LogP contribution is -2.52. The minimum atomic E-state index is -3.19. The number of hydrogen-bond acceptors (Lipinski definition) is 5. The van der Waals surface area contributed by atoms with Crippen LogP contribution >= 0.6 is 11.6 Å². The molecule has 2 aliphatic heterocycles. The Hall–Kier alpha value is -2.06. The van der Waals surface area contributed by atoms with Gasteiger partial charge in [0.25, 0.3) is 0 Å². The van der Waals surface area contributed by atoms with E-state index in [0.717, 1.165) is 0 Å². The summed E-state index contributed by atoms with van der Waals surface area (Å²) in [4.78, 5) is 26.8. The van der Waals surface area contributed by atoms with Crippen LogP contribution in [0, 0.1) is 0 Å². The van der Waals surface area contributed by atoms with Crippen molar-refractivity contribution in [1.82, 2.24) is 10.2 Å². The van der Waals surface area contributed by atoms with Gasteiger partial charge in [0.2, 0.25) is 0 Å². The van der Waals surface area contributed by atoms with Gasteiger partial charge in [-0.2, -0.15) is 0 Å². The molecule has 0 radical (unpaired) electrons. The number of sulfone groups is 1. The number of halogens is 1. The molecule has 2 aliphatic rings. The maximum absolute atomic E-state index is 12.8.